The van der Waals surface area contributed by atoms with E-state index in [1.54, 1.807) is 0 Å². The molecule has 0 aliphatic carbocycles. The summed E-state index contributed by atoms with van der Waals surface area (Å²) < 4.78 is 0. The highest BCUT2D eigenvalue weighted by Gasteiger charge is 1.99. The van der Waals surface area contributed by atoms with E-state index >= 15 is 0 Å². The van der Waals surface area contributed by atoms with Gasteiger partial charge in [-0.1, -0.05) is 100 Å². The van der Waals surface area contributed by atoms with Gasteiger partial charge in [-0.25, -0.2) is 0 Å². The Morgan fingerprint density at radius 3 is 1.47 bits per heavy atom. The summed E-state index contributed by atoms with van der Waals surface area (Å²) in [6, 6.07) is 0. The van der Waals surface area contributed by atoms with E-state index in [0.717, 1.165) is 4.83 Å². The molecule has 0 radical (unpaired) electrons. The van der Waals surface area contributed by atoms with Crippen LogP contribution in [-0.2, 0) is 0 Å². The van der Waals surface area contributed by atoms with Gasteiger partial charge in [0.05, 0.1) is 0 Å². The van der Waals surface area contributed by atoms with E-state index in [0.29, 0.717) is 0 Å². The van der Waals surface area contributed by atoms with Crippen LogP contribution in [0.3, 0.4) is 0 Å². The van der Waals surface area contributed by atoms with Gasteiger partial charge in [0.2, 0.25) is 0 Å². The normalized spacial score (nSPS) is 12.9. The molecule has 17 heavy (non-hydrogen) atoms. The van der Waals surface area contributed by atoms with Crippen LogP contribution in [0.4, 0.5) is 0 Å². The Morgan fingerprint density at radius 2 is 1.06 bits per heavy atom. The third-order valence-corrected chi connectivity index (χ3v) is 4.67. The molecule has 0 N–H and O–H groups in total. The largest absolute Gasteiger partial charge is 0.0891 e. The summed E-state index contributed by atoms with van der Waals surface area (Å²) in [5.74, 6) is 0. The van der Waals surface area contributed by atoms with Gasteiger partial charge in [0.1, 0.15) is 0 Å². The number of halogens is 1. The fourth-order valence-electron chi connectivity index (χ4n) is 2.23. The van der Waals surface area contributed by atoms with E-state index in [9.17, 15) is 0 Å². The zero-order valence-corrected chi connectivity index (χ0v) is 13.7. The standard InChI is InChI=1S/C16H33Br/c1-3-5-6-7-8-9-10-11-12-13-14-15-16(17)4-2/h16H,3-15H2,1-2H3. The Hall–Kier alpha value is 0.480. The summed E-state index contributed by atoms with van der Waals surface area (Å²) in [7, 11) is 0. The number of hydrogen-bond acceptors (Lipinski definition) is 0. The van der Waals surface area contributed by atoms with Crippen molar-refractivity contribution >= 4 is 15.9 Å². The highest BCUT2D eigenvalue weighted by Crippen LogP contribution is 2.16. The molecule has 0 aromatic carbocycles. The predicted octanol–water partition coefficient (Wildman–Crippen LogP) is 6.86. The first-order valence-electron chi connectivity index (χ1n) is 7.95. The molecule has 0 aliphatic heterocycles. The second kappa shape index (κ2) is 14.5. The summed E-state index contributed by atoms with van der Waals surface area (Å²) in [6.45, 7) is 4.55. The zero-order chi connectivity index (χ0) is 12.8. The van der Waals surface area contributed by atoms with Crippen LogP contribution in [0.15, 0.2) is 0 Å². The SMILES string of the molecule is CCCCCCCCCCCCCC(Br)CC. The van der Waals surface area contributed by atoms with Gasteiger partial charge >= 0.3 is 0 Å². The maximum Gasteiger partial charge on any atom is 0.0143 e. The third-order valence-electron chi connectivity index (χ3n) is 3.56. The van der Waals surface area contributed by atoms with Crippen LogP contribution in [0.25, 0.3) is 0 Å². The van der Waals surface area contributed by atoms with Crippen molar-refractivity contribution in [1.29, 1.82) is 0 Å². The molecule has 0 spiro atoms. The molecular weight excluding hydrogens is 272 g/mol. The Kier molecular flexibility index (Phi) is 15.0. The van der Waals surface area contributed by atoms with Crippen molar-refractivity contribution in [2.24, 2.45) is 0 Å². The topological polar surface area (TPSA) is 0 Å². The minimum absolute atomic E-state index is 0.765. The maximum atomic E-state index is 3.70. The van der Waals surface area contributed by atoms with Crippen molar-refractivity contribution in [3.8, 4) is 0 Å². The smallest absolute Gasteiger partial charge is 0.0143 e. The molecule has 0 fully saturated rings. The molecule has 0 aromatic rings. The van der Waals surface area contributed by atoms with Gasteiger partial charge in [0, 0.05) is 4.83 Å². The summed E-state index contributed by atoms with van der Waals surface area (Å²) in [4.78, 5) is 0.765. The van der Waals surface area contributed by atoms with E-state index in [2.05, 4.69) is 29.8 Å². The van der Waals surface area contributed by atoms with Crippen molar-refractivity contribution in [2.75, 3.05) is 0 Å². The molecule has 0 aliphatic rings. The molecule has 0 aromatic heterocycles. The molecule has 0 amide bonds. The number of rotatable bonds is 13. The van der Waals surface area contributed by atoms with Crippen molar-refractivity contribution in [3.63, 3.8) is 0 Å². The molecule has 0 heterocycles. The van der Waals surface area contributed by atoms with E-state index in [1.807, 2.05) is 0 Å². The first kappa shape index (κ1) is 17.5. The molecule has 0 rings (SSSR count). The molecule has 0 nitrogen and oxygen atoms in total. The van der Waals surface area contributed by atoms with Gasteiger partial charge in [-0.15, -0.1) is 0 Å². The zero-order valence-electron chi connectivity index (χ0n) is 12.1. The molecule has 0 bridgehead atoms. The van der Waals surface area contributed by atoms with Gasteiger partial charge in [0.15, 0.2) is 0 Å². The lowest BCUT2D eigenvalue weighted by molar-refractivity contribution is 0.541. The van der Waals surface area contributed by atoms with Gasteiger partial charge in [-0.3, -0.25) is 0 Å². The minimum Gasteiger partial charge on any atom is -0.0891 e. The lowest BCUT2D eigenvalue weighted by Gasteiger charge is -2.06. The van der Waals surface area contributed by atoms with Crippen LogP contribution in [0.5, 0.6) is 0 Å². The first-order valence-corrected chi connectivity index (χ1v) is 8.86. The molecule has 1 unspecified atom stereocenters. The number of hydrogen-bond donors (Lipinski definition) is 0. The second-order valence-electron chi connectivity index (χ2n) is 5.33. The fourth-order valence-corrected chi connectivity index (χ4v) is 2.56. The highest BCUT2D eigenvalue weighted by molar-refractivity contribution is 9.09. The average Bonchev–Trinajstić information content (AvgIpc) is 2.35. The van der Waals surface area contributed by atoms with Crippen molar-refractivity contribution < 1.29 is 0 Å². The second-order valence-corrected chi connectivity index (χ2v) is 6.62. The van der Waals surface area contributed by atoms with Crippen LogP contribution in [0.2, 0.25) is 0 Å². The minimum atomic E-state index is 0.765. The quantitative estimate of drug-likeness (QED) is 0.257. The number of alkyl halides is 1. The van der Waals surface area contributed by atoms with Gasteiger partial charge in [0.25, 0.3) is 0 Å². The lowest BCUT2D eigenvalue weighted by Crippen LogP contribution is -1.94. The molecular formula is C16H33Br. The van der Waals surface area contributed by atoms with E-state index in [1.165, 1.54) is 83.5 Å². The summed E-state index contributed by atoms with van der Waals surface area (Å²) in [5.41, 5.74) is 0. The third kappa shape index (κ3) is 14.4. The van der Waals surface area contributed by atoms with Crippen LogP contribution < -0.4 is 0 Å². The van der Waals surface area contributed by atoms with Crippen molar-refractivity contribution in [1.82, 2.24) is 0 Å². The lowest BCUT2D eigenvalue weighted by atomic mass is 10.0. The maximum absolute atomic E-state index is 3.70. The van der Waals surface area contributed by atoms with Crippen LogP contribution in [0, 0.1) is 0 Å². The monoisotopic (exact) mass is 304 g/mol. The number of unbranched alkanes of at least 4 members (excludes halogenated alkanes) is 10. The van der Waals surface area contributed by atoms with Gasteiger partial charge in [-0.2, -0.15) is 0 Å². The molecule has 0 saturated carbocycles. The van der Waals surface area contributed by atoms with Crippen LogP contribution in [0.1, 0.15) is 97.3 Å². The first-order chi connectivity index (χ1) is 8.31. The predicted molar refractivity (Wildman–Crippen MR) is 84.1 cm³/mol. The molecule has 0 saturated heterocycles. The molecule has 104 valence electrons. The van der Waals surface area contributed by atoms with E-state index < -0.39 is 0 Å². The van der Waals surface area contributed by atoms with Crippen LogP contribution in [-0.4, -0.2) is 4.83 Å². The Balaban J connectivity index is 2.94. The Labute approximate surface area is 118 Å². The van der Waals surface area contributed by atoms with Gasteiger partial charge in [-0.05, 0) is 12.8 Å². The van der Waals surface area contributed by atoms with Crippen molar-refractivity contribution in [3.05, 3.63) is 0 Å². The summed E-state index contributed by atoms with van der Waals surface area (Å²) >= 11 is 3.70. The van der Waals surface area contributed by atoms with E-state index in [-0.39, 0.29) is 0 Å². The average molecular weight is 305 g/mol. The Morgan fingerprint density at radius 1 is 0.647 bits per heavy atom. The Bertz CT molecular complexity index is 133. The molecule has 1 atom stereocenters. The van der Waals surface area contributed by atoms with Gasteiger partial charge < -0.3 is 0 Å². The summed E-state index contributed by atoms with van der Waals surface area (Å²) in [6.07, 6.45) is 18.6. The highest BCUT2D eigenvalue weighted by atomic mass is 79.9. The summed E-state index contributed by atoms with van der Waals surface area (Å²) in [5, 5.41) is 0. The van der Waals surface area contributed by atoms with Crippen LogP contribution >= 0.6 is 15.9 Å². The molecule has 1 heteroatoms. The van der Waals surface area contributed by atoms with Crippen molar-refractivity contribution in [2.45, 2.75) is 102 Å². The fraction of sp³-hybridized carbons (Fsp3) is 1.00. The van der Waals surface area contributed by atoms with E-state index in [4.69, 9.17) is 0 Å².